The molecule has 1 saturated heterocycles. The lowest BCUT2D eigenvalue weighted by Gasteiger charge is -2.43. The molecular weight excluding hydrogens is 302 g/mol. The van der Waals surface area contributed by atoms with E-state index >= 15 is 0 Å². The lowest BCUT2D eigenvalue weighted by atomic mass is 9.90. The number of nitrogens with zero attached hydrogens (tertiary/aromatic N) is 3. The zero-order valence-corrected chi connectivity index (χ0v) is 13.8. The number of benzene rings is 1. The van der Waals surface area contributed by atoms with Gasteiger partial charge in [0.25, 0.3) is 5.91 Å². The van der Waals surface area contributed by atoms with Crippen molar-refractivity contribution in [1.82, 2.24) is 14.7 Å². The van der Waals surface area contributed by atoms with Gasteiger partial charge >= 0.3 is 0 Å². The molecule has 1 saturated carbocycles. The molecule has 4 rings (SSSR count). The van der Waals surface area contributed by atoms with E-state index in [1.807, 2.05) is 34.0 Å². The van der Waals surface area contributed by atoms with Crippen molar-refractivity contribution in [2.24, 2.45) is 0 Å². The predicted molar refractivity (Wildman–Crippen MR) is 90.8 cm³/mol. The molecule has 2 fully saturated rings. The number of rotatable bonds is 3. The van der Waals surface area contributed by atoms with Gasteiger partial charge in [0.2, 0.25) is 0 Å². The van der Waals surface area contributed by atoms with Gasteiger partial charge in [0.15, 0.2) is 0 Å². The summed E-state index contributed by atoms with van der Waals surface area (Å²) in [4.78, 5) is 14.9. The van der Waals surface area contributed by atoms with Crippen molar-refractivity contribution in [3.8, 4) is 0 Å². The first-order chi connectivity index (χ1) is 11.8. The first-order valence-corrected chi connectivity index (χ1v) is 8.80. The number of carbonyl (C=O) groups is 1. The molecule has 0 N–H and O–H groups in total. The molecule has 2 aromatic rings. The summed E-state index contributed by atoms with van der Waals surface area (Å²) < 4.78 is 7.70. The SMILES string of the molecule is O=C(c1cnn(Cc2ccccc2)c1)N1CCO[C@@H]2CCCC[C@@H]21. The lowest BCUT2D eigenvalue weighted by molar-refractivity contribution is -0.0752. The Kier molecular flexibility index (Phi) is 4.34. The number of hydrogen-bond donors (Lipinski definition) is 0. The molecule has 5 heteroatoms. The lowest BCUT2D eigenvalue weighted by Crippen LogP contribution is -2.54. The van der Waals surface area contributed by atoms with Crippen molar-refractivity contribution in [1.29, 1.82) is 0 Å². The summed E-state index contributed by atoms with van der Waals surface area (Å²) >= 11 is 0. The fraction of sp³-hybridized carbons (Fsp3) is 0.474. The highest BCUT2D eigenvalue weighted by atomic mass is 16.5. The third kappa shape index (κ3) is 3.08. The summed E-state index contributed by atoms with van der Waals surface area (Å²) in [7, 11) is 0. The second-order valence-electron chi connectivity index (χ2n) is 6.67. The fourth-order valence-corrected chi connectivity index (χ4v) is 3.85. The van der Waals surface area contributed by atoms with Crippen LogP contribution < -0.4 is 0 Å². The van der Waals surface area contributed by atoms with Crippen molar-refractivity contribution in [2.75, 3.05) is 13.2 Å². The van der Waals surface area contributed by atoms with Gasteiger partial charge in [-0.1, -0.05) is 43.2 Å². The van der Waals surface area contributed by atoms with E-state index in [1.165, 1.54) is 18.4 Å². The van der Waals surface area contributed by atoms with E-state index in [9.17, 15) is 4.79 Å². The molecule has 0 unspecified atom stereocenters. The second-order valence-corrected chi connectivity index (χ2v) is 6.67. The van der Waals surface area contributed by atoms with Crippen molar-refractivity contribution < 1.29 is 9.53 Å². The van der Waals surface area contributed by atoms with Gasteiger partial charge in [-0.25, -0.2) is 0 Å². The van der Waals surface area contributed by atoms with E-state index < -0.39 is 0 Å². The fourth-order valence-electron chi connectivity index (χ4n) is 3.85. The highest BCUT2D eigenvalue weighted by Gasteiger charge is 2.37. The highest BCUT2D eigenvalue weighted by molar-refractivity contribution is 5.94. The number of aromatic nitrogens is 2. The maximum atomic E-state index is 12.9. The first kappa shape index (κ1) is 15.4. The van der Waals surface area contributed by atoms with Gasteiger partial charge in [0.1, 0.15) is 0 Å². The Labute approximate surface area is 142 Å². The monoisotopic (exact) mass is 325 g/mol. The van der Waals surface area contributed by atoms with Crippen LogP contribution in [0.2, 0.25) is 0 Å². The average molecular weight is 325 g/mol. The summed E-state index contributed by atoms with van der Waals surface area (Å²) in [5.41, 5.74) is 1.86. The van der Waals surface area contributed by atoms with Crippen LogP contribution >= 0.6 is 0 Å². The van der Waals surface area contributed by atoms with Crippen molar-refractivity contribution in [3.63, 3.8) is 0 Å². The molecule has 1 aliphatic carbocycles. The van der Waals surface area contributed by atoms with E-state index in [0.717, 1.165) is 12.8 Å². The van der Waals surface area contributed by atoms with E-state index in [0.29, 0.717) is 25.3 Å². The molecular formula is C19H23N3O2. The van der Waals surface area contributed by atoms with E-state index in [4.69, 9.17) is 4.74 Å². The molecule has 0 radical (unpaired) electrons. The van der Waals surface area contributed by atoms with Gasteiger partial charge in [-0.05, 0) is 18.4 Å². The first-order valence-electron chi connectivity index (χ1n) is 8.80. The van der Waals surface area contributed by atoms with Gasteiger partial charge in [0.05, 0.1) is 37.1 Å². The van der Waals surface area contributed by atoms with Gasteiger partial charge in [-0.3, -0.25) is 9.48 Å². The van der Waals surface area contributed by atoms with Crippen LogP contribution in [0.1, 0.15) is 41.6 Å². The average Bonchev–Trinajstić information content (AvgIpc) is 3.10. The van der Waals surface area contributed by atoms with Crippen LogP contribution in [-0.2, 0) is 11.3 Å². The standard InChI is InChI=1S/C19H23N3O2/c23-19(22-10-11-24-18-9-5-4-8-17(18)22)16-12-20-21(14-16)13-15-6-2-1-3-7-15/h1-3,6-7,12,14,17-18H,4-5,8-11,13H2/t17-,18+/m0/s1. The molecule has 1 amide bonds. The molecule has 2 atom stereocenters. The molecule has 126 valence electrons. The quantitative estimate of drug-likeness (QED) is 0.872. The third-order valence-corrected chi connectivity index (χ3v) is 5.06. The Hall–Kier alpha value is -2.14. The minimum absolute atomic E-state index is 0.0921. The number of ether oxygens (including phenoxy) is 1. The zero-order chi connectivity index (χ0) is 16.4. The normalized spacial score (nSPS) is 23.8. The number of carbonyl (C=O) groups excluding carboxylic acids is 1. The Bertz CT molecular complexity index is 696. The summed E-state index contributed by atoms with van der Waals surface area (Å²) in [5.74, 6) is 0.0921. The molecule has 2 aliphatic rings. The second kappa shape index (κ2) is 6.77. The minimum Gasteiger partial charge on any atom is -0.374 e. The highest BCUT2D eigenvalue weighted by Crippen LogP contribution is 2.29. The minimum atomic E-state index is 0.0921. The number of hydrogen-bond acceptors (Lipinski definition) is 3. The molecule has 1 aromatic carbocycles. The van der Waals surface area contributed by atoms with E-state index in [-0.39, 0.29) is 18.1 Å². The summed E-state index contributed by atoms with van der Waals surface area (Å²) in [6, 6.07) is 10.4. The van der Waals surface area contributed by atoms with Gasteiger partial charge in [-0.15, -0.1) is 0 Å². The van der Waals surface area contributed by atoms with Crippen LogP contribution in [0.15, 0.2) is 42.7 Å². The molecule has 5 nitrogen and oxygen atoms in total. The van der Waals surface area contributed by atoms with Gasteiger partial charge in [0, 0.05) is 12.7 Å². The maximum Gasteiger partial charge on any atom is 0.257 e. The molecule has 0 bridgehead atoms. The largest absolute Gasteiger partial charge is 0.374 e. The van der Waals surface area contributed by atoms with Crippen LogP contribution in [0.25, 0.3) is 0 Å². The van der Waals surface area contributed by atoms with Crippen LogP contribution in [0.4, 0.5) is 0 Å². The predicted octanol–water partition coefficient (Wildman–Crippen LogP) is 2.72. The number of morpholine rings is 1. The zero-order valence-electron chi connectivity index (χ0n) is 13.8. The maximum absolute atomic E-state index is 12.9. The van der Waals surface area contributed by atoms with Crippen molar-refractivity contribution in [3.05, 3.63) is 53.9 Å². The molecule has 1 aliphatic heterocycles. The number of amides is 1. The Morgan fingerprint density at radius 2 is 2.04 bits per heavy atom. The Morgan fingerprint density at radius 1 is 1.21 bits per heavy atom. The summed E-state index contributed by atoms with van der Waals surface area (Å²) in [6.45, 7) is 2.01. The molecule has 2 heterocycles. The molecule has 24 heavy (non-hydrogen) atoms. The van der Waals surface area contributed by atoms with E-state index in [1.54, 1.807) is 6.20 Å². The summed E-state index contributed by atoms with van der Waals surface area (Å²) in [6.07, 6.45) is 8.29. The summed E-state index contributed by atoms with van der Waals surface area (Å²) in [5, 5.41) is 4.37. The smallest absolute Gasteiger partial charge is 0.257 e. The topological polar surface area (TPSA) is 47.4 Å². The Morgan fingerprint density at radius 3 is 2.92 bits per heavy atom. The van der Waals surface area contributed by atoms with Gasteiger partial charge in [-0.2, -0.15) is 5.10 Å². The number of fused-ring (bicyclic) bond motifs is 1. The van der Waals surface area contributed by atoms with E-state index in [2.05, 4.69) is 17.2 Å². The van der Waals surface area contributed by atoms with Crippen molar-refractivity contribution >= 4 is 5.91 Å². The molecule has 1 aromatic heterocycles. The van der Waals surface area contributed by atoms with Crippen LogP contribution in [0, 0.1) is 0 Å². The molecule has 0 spiro atoms. The third-order valence-electron chi connectivity index (χ3n) is 5.06. The van der Waals surface area contributed by atoms with Crippen LogP contribution in [0.3, 0.4) is 0 Å². The van der Waals surface area contributed by atoms with Crippen LogP contribution in [0.5, 0.6) is 0 Å². The Balaban J connectivity index is 1.48. The van der Waals surface area contributed by atoms with Gasteiger partial charge < -0.3 is 9.64 Å². The van der Waals surface area contributed by atoms with Crippen molar-refractivity contribution in [2.45, 2.75) is 44.4 Å². The van der Waals surface area contributed by atoms with Crippen LogP contribution in [-0.4, -0.2) is 45.9 Å².